The summed E-state index contributed by atoms with van der Waals surface area (Å²) in [6.45, 7) is 1.58. The number of benzene rings is 1. The van der Waals surface area contributed by atoms with Crippen molar-refractivity contribution in [3.8, 4) is 0 Å². The van der Waals surface area contributed by atoms with Gasteiger partial charge in [-0.25, -0.2) is 4.39 Å². The molecule has 1 aromatic rings. The van der Waals surface area contributed by atoms with Crippen LogP contribution in [0.5, 0.6) is 0 Å². The summed E-state index contributed by atoms with van der Waals surface area (Å²) in [4.78, 5) is 30.0. The molecule has 8 heteroatoms. The fourth-order valence-corrected chi connectivity index (χ4v) is 3.41. The van der Waals surface area contributed by atoms with Gasteiger partial charge in [-0.05, 0) is 42.9 Å². The van der Waals surface area contributed by atoms with Crippen molar-refractivity contribution in [1.29, 1.82) is 0 Å². The highest BCUT2D eigenvalue weighted by molar-refractivity contribution is 7.99. The molecule has 0 spiro atoms. The third-order valence-electron chi connectivity index (χ3n) is 3.93. The van der Waals surface area contributed by atoms with Gasteiger partial charge in [0.2, 0.25) is 11.8 Å². The molecule has 1 saturated heterocycles. The van der Waals surface area contributed by atoms with Crippen molar-refractivity contribution in [3.05, 3.63) is 30.1 Å². The Hall–Kier alpha value is -2.09. The molecule has 26 heavy (non-hydrogen) atoms. The molecule has 6 nitrogen and oxygen atoms in total. The van der Waals surface area contributed by atoms with E-state index in [4.69, 9.17) is 0 Å². The maximum Gasteiger partial charge on any atom is 0.229 e. The van der Waals surface area contributed by atoms with Gasteiger partial charge in [0.05, 0.1) is 0 Å². The van der Waals surface area contributed by atoms with E-state index in [1.54, 1.807) is 30.9 Å². The summed E-state index contributed by atoms with van der Waals surface area (Å²) >= 11 is 1.68. The predicted octanol–water partition coefficient (Wildman–Crippen LogP) is 2.01. The van der Waals surface area contributed by atoms with Crippen molar-refractivity contribution in [2.75, 3.05) is 32.4 Å². The lowest BCUT2D eigenvalue weighted by Crippen LogP contribution is -2.46. The van der Waals surface area contributed by atoms with Crippen LogP contribution in [0.4, 0.5) is 4.39 Å². The van der Waals surface area contributed by atoms with E-state index in [-0.39, 0.29) is 17.6 Å². The molecule has 0 aromatic heterocycles. The molecule has 0 bridgehead atoms. The third kappa shape index (κ3) is 6.67. The molecular formula is C18H25FN4O2S. The van der Waals surface area contributed by atoms with Gasteiger partial charge in [-0.2, -0.15) is 0 Å². The molecule has 1 aromatic carbocycles. The topological polar surface area (TPSA) is 73.8 Å². The second kappa shape index (κ2) is 10.8. The van der Waals surface area contributed by atoms with Crippen LogP contribution >= 0.6 is 11.8 Å². The molecular weight excluding hydrogens is 355 g/mol. The number of amides is 2. The first kappa shape index (κ1) is 20.2. The predicted molar refractivity (Wildman–Crippen MR) is 102 cm³/mol. The first-order valence-corrected chi connectivity index (χ1v) is 9.75. The number of guanidine groups is 1. The zero-order valence-corrected chi connectivity index (χ0v) is 15.8. The van der Waals surface area contributed by atoms with Crippen molar-refractivity contribution in [3.63, 3.8) is 0 Å². The van der Waals surface area contributed by atoms with Gasteiger partial charge in [0.1, 0.15) is 5.82 Å². The average Bonchev–Trinajstić information content (AvgIpc) is 2.63. The molecule has 2 rings (SSSR count). The van der Waals surface area contributed by atoms with Crippen LogP contribution in [0.25, 0.3) is 0 Å². The molecule has 1 fully saturated rings. The van der Waals surface area contributed by atoms with Gasteiger partial charge in [0, 0.05) is 44.4 Å². The van der Waals surface area contributed by atoms with Gasteiger partial charge in [-0.3, -0.25) is 19.5 Å². The molecule has 1 aliphatic heterocycles. The van der Waals surface area contributed by atoms with Crippen LogP contribution < -0.4 is 10.6 Å². The highest BCUT2D eigenvalue weighted by Gasteiger charge is 2.25. The molecule has 0 unspecified atom stereocenters. The number of hydrogen-bond acceptors (Lipinski definition) is 4. The first-order valence-electron chi connectivity index (χ1n) is 8.76. The number of nitrogens with zero attached hydrogens (tertiary/aromatic N) is 2. The highest BCUT2D eigenvalue weighted by Crippen LogP contribution is 2.18. The second-order valence-corrected chi connectivity index (χ2v) is 7.04. The summed E-state index contributed by atoms with van der Waals surface area (Å²) in [5.41, 5.74) is 0. The first-order chi connectivity index (χ1) is 12.6. The zero-order valence-electron chi connectivity index (χ0n) is 15.0. The zero-order chi connectivity index (χ0) is 18.8. The lowest BCUT2D eigenvalue weighted by Gasteiger charge is -2.25. The monoisotopic (exact) mass is 380 g/mol. The Morgan fingerprint density at radius 1 is 1.15 bits per heavy atom. The molecule has 0 aliphatic carbocycles. The largest absolute Gasteiger partial charge is 0.356 e. The van der Waals surface area contributed by atoms with Crippen molar-refractivity contribution in [2.45, 2.75) is 30.6 Å². The van der Waals surface area contributed by atoms with Crippen LogP contribution in [0.15, 0.2) is 34.2 Å². The number of nitrogens with one attached hydrogen (secondary N) is 2. The Labute approximate surface area is 157 Å². The van der Waals surface area contributed by atoms with Gasteiger partial charge in [-0.1, -0.05) is 0 Å². The number of likely N-dealkylation sites (tertiary alicyclic amines) is 1. The van der Waals surface area contributed by atoms with Crippen LogP contribution in [0, 0.1) is 5.82 Å². The van der Waals surface area contributed by atoms with E-state index in [9.17, 15) is 14.0 Å². The van der Waals surface area contributed by atoms with Gasteiger partial charge < -0.3 is 10.6 Å². The van der Waals surface area contributed by atoms with Gasteiger partial charge in [0.25, 0.3) is 0 Å². The number of aliphatic imine (C=N–C) groups is 1. The molecule has 0 saturated carbocycles. The number of carbonyl (C=O) groups is 2. The van der Waals surface area contributed by atoms with Crippen LogP contribution in [0.3, 0.4) is 0 Å². The molecule has 2 amide bonds. The van der Waals surface area contributed by atoms with Crippen molar-refractivity contribution < 1.29 is 14.0 Å². The minimum absolute atomic E-state index is 0.0937. The minimum Gasteiger partial charge on any atom is -0.356 e. The van der Waals surface area contributed by atoms with Crippen molar-refractivity contribution >= 4 is 29.5 Å². The fourth-order valence-electron chi connectivity index (χ4n) is 2.56. The van der Waals surface area contributed by atoms with Crippen LogP contribution in [-0.2, 0) is 9.59 Å². The quantitative estimate of drug-likeness (QED) is 0.237. The Bertz CT molecular complexity index is 621. The Kier molecular flexibility index (Phi) is 8.40. The van der Waals surface area contributed by atoms with E-state index in [0.717, 1.165) is 23.6 Å². The maximum absolute atomic E-state index is 12.8. The van der Waals surface area contributed by atoms with Gasteiger partial charge in [0.15, 0.2) is 5.96 Å². The number of rotatable bonds is 8. The number of halogens is 1. The molecule has 0 atom stereocenters. The normalized spacial score (nSPS) is 15.3. The lowest BCUT2D eigenvalue weighted by atomic mass is 10.1. The summed E-state index contributed by atoms with van der Waals surface area (Å²) < 4.78 is 12.8. The SMILES string of the molecule is CN=C(NCCCSc1ccc(F)cc1)NCCN1C(=O)CCCC1=O. The van der Waals surface area contributed by atoms with E-state index in [1.807, 2.05) is 0 Å². The summed E-state index contributed by atoms with van der Waals surface area (Å²) in [5, 5.41) is 6.32. The smallest absolute Gasteiger partial charge is 0.229 e. The van der Waals surface area contributed by atoms with Gasteiger partial charge >= 0.3 is 0 Å². The van der Waals surface area contributed by atoms with E-state index in [2.05, 4.69) is 15.6 Å². The summed E-state index contributed by atoms with van der Waals surface area (Å²) in [5.74, 6) is 1.15. The van der Waals surface area contributed by atoms with E-state index in [0.29, 0.717) is 38.3 Å². The Morgan fingerprint density at radius 3 is 2.46 bits per heavy atom. The lowest BCUT2D eigenvalue weighted by molar-refractivity contribution is -0.147. The Morgan fingerprint density at radius 2 is 1.81 bits per heavy atom. The standard InChI is InChI=1S/C18H25FN4O2S/c1-20-18(22-11-12-23-16(24)4-2-5-17(23)25)21-10-3-13-26-15-8-6-14(19)7-9-15/h6-9H,2-5,10-13H2,1H3,(H2,20,21,22). The van der Waals surface area contributed by atoms with Gasteiger partial charge in [-0.15, -0.1) is 11.8 Å². The van der Waals surface area contributed by atoms with Crippen LogP contribution in [0.2, 0.25) is 0 Å². The number of carbonyl (C=O) groups excluding carboxylic acids is 2. The number of thioether (sulfide) groups is 1. The van der Waals surface area contributed by atoms with E-state index < -0.39 is 0 Å². The summed E-state index contributed by atoms with van der Waals surface area (Å²) in [6, 6.07) is 6.47. The fraction of sp³-hybridized carbons (Fsp3) is 0.500. The summed E-state index contributed by atoms with van der Waals surface area (Å²) in [6.07, 6.45) is 2.47. The van der Waals surface area contributed by atoms with Crippen LogP contribution in [-0.4, -0.2) is 55.1 Å². The summed E-state index contributed by atoms with van der Waals surface area (Å²) in [7, 11) is 1.68. The maximum atomic E-state index is 12.8. The second-order valence-electron chi connectivity index (χ2n) is 5.87. The molecule has 1 aliphatic rings. The number of hydrogen-bond donors (Lipinski definition) is 2. The van der Waals surface area contributed by atoms with Crippen molar-refractivity contribution in [2.24, 2.45) is 4.99 Å². The highest BCUT2D eigenvalue weighted by atomic mass is 32.2. The molecule has 142 valence electrons. The third-order valence-corrected chi connectivity index (χ3v) is 5.03. The van der Waals surface area contributed by atoms with Crippen LogP contribution in [0.1, 0.15) is 25.7 Å². The molecule has 1 heterocycles. The minimum atomic E-state index is -0.223. The van der Waals surface area contributed by atoms with Crippen molar-refractivity contribution in [1.82, 2.24) is 15.5 Å². The van der Waals surface area contributed by atoms with E-state index in [1.165, 1.54) is 17.0 Å². The molecule has 2 N–H and O–H groups in total. The average molecular weight is 380 g/mol. The Balaban J connectivity index is 1.59. The number of imide groups is 1. The van der Waals surface area contributed by atoms with E-state index >= 15 is 0 Å². The molecule has 0 radical (unpaired) electrons. The number of piperidine rings is 1.